The van der Waals surface area contributed by atoms with Crippen molar-refractivity contribution < 1.29 is 4.74 Å². The van der Waals surface area contributed by atoms with E-state index >= 15 is 0 Å². The number of rotatable bonds is 3. The third-order valence-electron chi connectivity index (χ3n) is 3.07. The van der Waals surface area contributed by atoms with Crippen LogP contribution in [0.25, 0.3) is 10.2 Å². The molecule has 0 bridgehead atoms. The minimum absolute atomic E-state index is 0.250. The van der Waals surface area contributed by atoms with Gasteiger partial charge in [-0.1, -0.05) is 12.1 Å². The van der Waals surface area contributed by atoms with Crippen molar-refractivity contribution in [2.45, 2.75) is 13.0 Å². The summed E-state index contributed by atoms with van der Waals surface area (Å²) in [5.41, 5.74) is 4.59. The molecule has 1 saturated heterocycles. The first kappa shape index (κ1) is 12.0. The van der Waals surface area contributed by atoms with Gasteiger partial charge >= 0.3 is 0 Å². The number of hydrogen-bond acceptors (Lipinski definition) is 5. The van der Waals surface area contributed by atoms with Gasteiger partial charge in [0.15, 0.2) is 0 Å². The van der Waals surface area contributed by atoms with Crippen molar-refractivity contribution in [1.82, 2.24) is 15.4 Å². The molecule has 2 aromatic rings. The first-order valence-electron chi connectivity index (χ1n) is 6.27. The molecule has 0 radical (unpaired) electrons. The summed E-state index contributed by atoms with van der Waals surface area (Å²) in [6.07, 6.45) is 0. The Morgan fingerprint density at radius 2 is 2.11 bits per heavy atom. The van der Waals surface area contributed by atoms with Crippen LogP contribution in [0.5, 0.6) is 0 Å². The number of fused-ring (bicyclic) bond motifs is 1. The van der Waals surface area contributed by atoms with Crippen LogP contribution in [0.4, 0.5) is 0 Å². The second-order valence-electron chi connectivity index (χ2n) is 4.47. The normalized spacial score (nSPS) is 19.2. The van der Waals surface area contributed by atoms with Crippen LogP contribution >= 0.6 is 11.3 Å². The first-order chi connectivity index (χ1) is 8.83. The van der Waals surface area contributed by atoms with E-state index < -0.39 is 0 Å². The summed E-state index contributed by atoms with van der Waals surface area (Å²) in [7, 11) is 0. The fraction of sp³-hybridized carbons (Fsp3) is 0.462. The Balaban J connectivity index is 1.72. The van der Waals surface area contributed by atoms with Crippen molar-refractivity contribution in [3.05, 3.63) is 29.3 Å². The zero-order chi connectivity index (χ0) is 12.4. The minimum atomic E-state index is 0.250. The van der Waals surface area contributed by atoms with Gasteiger partial charge in [-0.3, -0.25) is 0 Å². The molecule has 96 valence electrons. The summed E-state index contributed by atoms with van der Waals surface area (Å²) in [6.45, 7) is 5.65. The lowest BCUT2D eigenvalue weighted by atomic mass is 10.3. The molecule has 1 aliphatic heterocycles. The van der Waals surface area contributed by atoms with Gasteiger partial charge in [0.05, 0.1) is 29.5 Å². The van der Waals surface area contributed by atoms with E-state index in [0.29, 0.717) is 0 Å². The van der Waals surface area contributed by atoms with E-state index in [-0.39, 0.29) is 6.04 Å². The fourth-order valence-electron chi connectivity index (χ4n) is 2.10. The number of morpholine rings is 1. The molecule has 0 spiro atoms. The second-order valence-corrected chi connectivity index (χ2v) is 5.53. The molecule has 1 fully saturated rings. The Hall–Kier alpha value is -1.01. The molecule has 5 heteroatoms. The number of aromatic nitrogens is 1. The summed E-state index contributed by atoms with van der Waals surface area (Å²) in [4.78, 5) is 4.68. The highest BCUT2D eigenvalue weighted by molar-refractivity contribution is 7.18. The number of ether oxygens (including phenoxy) is 1. The highest BCUT2D eigenvalue weighted by atomic mass is 32.1. The van der Waals surface area contributed by atoms with Gasteiger partial charge in [-0.05, 0) is 19.1 Å². The number of para-hydroxylation sites is 1. The van der Waals surface area contributed by atoms with Crippen molar-refractivity contribution in [2.24, 2.45) is 0 Å². The molecule has 1 atom stereocenters. The molecule has 1 N–H and O–H groups in total. The number of hydrazine groups is 1. The van der Waals surface area contributed by atoms with E-state index in [0.717, 1.165) is 36.8 Å². The highest BCUT2D eigenvalue weighted by Crippen LogP contribution is 2.26. The van der Waals surface area contributed by atoms with E-state index in [1.807, 2.05) is 6.07 Å². The maximum Gasteiger partial charge on any atom is 0.112 e. The quantitative estimate of drug-likeness (QED) is 0.921. The monoisotopic (exact) mass is 263 g/mol. The Labute approximate surface area is 111 Å². The van der Waals surface area contributed by atoms with Gasteiger partial charge in [0.1, 0.15) is 5.01 Å². The van der Waals surface area contributed by atoms with E-state index in [2.05, 4.69) is 40.5 Å². The Kier molecular flexibility index (Phi) is 3.56. The van der Waals surface area contributed by atoms with E-state index in [1.165, 1.54) is 4.70 Å². The summed E-state index contributed by atoms with van der Waals surface area (Å²) in [5.74, 6) is 0. The van der Waals surface area contributed by atoms with Crippen LogP contribution in [-0.4, -0.2) is 36.3 Å². The molecule has 1 aromatic carbocycles. The molecule has 4 nitrogen and oxygen atoms in total. The fourth-order valence-corrected chi connectivity index (χ4v) is 3.06. The van der Waals surface area contributed by atoms with E-state index in [9.17, 15) is 0 Å². The van der Waals surface area contributed by atoms with Crippen molar-refractivity contribution in [2.75, 3.05) is 26.3 Å². The number of benzene rings is 1. The predicted octanol–water partition coefficient (Wildman–Crippen LogP) is 2.19. The zero-order valence-electron chi connectivity index (χ0n) is 10.4. The molecular weight excluding hydrogens is 246 g/mol. The molecule has 1 aromatic heterocycles. The van der Waals surface area contributed by atoms with E-state index in [4.69, 9.17) is 4.74 Å². The van der Waals surface area contributed by atoms with Crippen molar-refractivity contribution >= 4 is 21.6 Å². The number of thiazole rings is 1. The molecule has 2 heterocycles. The largest absolute Gasteiger partial charge is 0.379 e. The highest BCUT2D eigenvalue weighted by Gasteiger charge is 2.16. The van der Waals surface area contributed by atoms with Gasteiger partial charge in [0.2, 0.25) is 0 Å². The van der Waals surface area contributed by atoms with Crippen molar-refractivity contribution in [1.29, 1.82) is 0 Å². The molecule has 1 aliphatic rings. The Morgan fingerprint density at radius 3 is 2.89 bits per heavy atom. The van der Waals surface area contributed by atoms with E-state index in [1.54, 1.807) is 11.3 Å². The average molecular weight is 263 g/mol. The predicted molar refractivity (Wildman–Crippen MR) is 73.6 cm³/mol. The lowest BCUT2D eigenvalue weighted by molar-refractivity contribution is 0.00484. The molecule has 1 unspecified atom stereocenters. The van der Waals surface area contributed by atoms with Crippen molar-refractivity contribution in [3.63, 3.8) is 0 Å². The minimum Gasteiger partial charge on any atom is -0.379 e. The van der Waals surface area contributed by atoms with Crippen molar-refractivity contribution in [3.8, 4) is 0 Å². The number of hydrogen-bond donors (Lipinski definition) is 1. The standard InChI is InChI=1S/C13H17N3OS/c1-10(15-16-6-8-17-9-7-16)13-14-11-4-2-3-5-12(11)18-13/h2-5,10,15H,6-9H2,1H3. The van der Waals surface area contributed by atoms with Crippen LogP contribution in [0.1, 0.15) is 18.0 Å². The van der Waals surface area contributed by atoms with Gasteiger partial charge in [0.25, 0.3) is 0 Å². The van der Waals surface area contributed by atoms with Gasteiger partial charge in [-0.2, -0.15) is 0 Å². The zero-order valence-corrected chi connectivity index (χ0v) is 11.2. The Bertz CT molecular complexity index is 489. The Morgan fingerprint density at radius 1 is 1.33 bits per heavy atom. The van der Waals surface area contributed by atoms with Crippen LogP contribution in [0, 0.1) is 0 Å². The summed E-state index contributed by atoms with van der Waals surface area (Å²) >= 11 is 1.76. The van der Waals surface area contributed by atoms with Gasteiger partial charge < -0.3 is 4.74 Å². The average Bonchev–Trinajstić information content (AvgIpc) is 2.84. The van der Waals surface area contributed by atoms with Crippen LogP contribution in [-0.2, 0) is 4.74 Å². The maximum absolute atomic E-state index is 5.34. The molecule has 18 heavy (non-hydrogen) atoms. The molecule has 0 amide bonds. The third-order valence-corrected chi connectivity index (χ3v) is 4.29. The third kappa shape index (κ3) is 2.54. The smallest absolute Gasteiger partial charge is 0.112 e. The summed E-state index contributed by atoms with van der Waals surface area (Å²) < 4.78 is 6.59. The van der Waals surface area contributed by atoms with Crippen LogP contribution in [0.2, 0.25) is 0 Å². The first-order valence-corrected chi connectivity index (χ1v) is 7.09. The van der Waals surface area contributed by atoms with Crippen LogP contribution < -0.4 is 5.43 Å². The topological polar surface area (TPSA) is 37.4 Å². The van der Waals surface area contributed by atoms with Crippen LogP contribution in [0.3, 0.4) is 0 Å². The SMILES string of the molecule is CC(NN1CCOCC1)c1nc2ccccc2s1. The summed E-state index contributed by atoms with van der Waals surface area (Å²) in [5, 5.41) is 3.36. The molecule has 0 saturated carbocycles. The molecule has 3 rings (SSSR count). The molecule has 0 aliphatic carbocycles. The second kappa shape index (κ2) is 5.32. The van der Waals surface area contributed by atoms with Gasteiger partial charge in [0, 0.05) is 13.1 Å². The maximum atomic E-state index is 5.34. The van der Waals surface area contributed by atoms with Crippen LogP contribution in [0.15, 0.2) is 24.3 Å². The summed E-state index contributed by atoms with van der Waals surface area (Å²) in [6, 6.07) is 8.53. The van der Waals surface area contributed by atoms with Gasteiger partial charge in [-0.15, -0.1) is 11.3 Å². The molecular formula is C13H17N3OS. The lowest BCUT2D eigenvalue weighted by Gasteiger charge is -2.29. The lowest BCUT2D eigenvalue weighted by Crippen LogP contribution is -2.46. The van der Waals surface area contributed by atoms with Gasteiger partial charge in [-0.25, -0.2) is 15.4 Å². The number of nitrogens with one attached hydrogen (secondary N) is 1. The number of nitrogens with zero attached hydrogens (tertiary/aromatic N) is 2.